The molecule has 1 atom stereocenters. The molecule has 1 amide bonds. The van der Waals surface area contributed by atoms with E-state index in [1.54, 1.807) is 0 Å². The van der Waals surface area contributed by atoms with Gasteiger partial charge in [0.25, 0.3) is 0 Å². The summed E-state index contributed by atoms with van der Waals surface area (Å²) >= 11 is 5.24. The standard InChI is InChI=1S/C11H20BrNOS/c1-3-7-13(8-6-12)10(14)11(2)5-4-9-15-11/h3-9H2,1-2H3. The van der Waals surface area contributed by atoms with E-state index in [9.17, 15) is 4.79 Å². The molecule has 1 heterocycles. The first-order chi connectivity index (χ1) is 7.14. The molecule has 4 heteroatoms. The summed E-state index contributed by atoms with van der Waals surface area (Å²) < 4.78 is -0.142. The van der Waals surface area contributed by atoms with E-state index >= 15 is 0 Å². The lowest BCUT2D eigenvalue weighted by atomic mass is 10.0. The van der Waals surface area contributed by atoms with Crippen molar-refractivity contribution in [3.63, 3.8) is 0 Å². The Morgan fingerprint density at radius 3 is 2.73 bits per heavy atom. The second-order valence-electron chi connectivity index (χ2n) is 4.16. The van der Waals surface area contributed by atoms with Crippen molar-refractivity contribution in [2.45, 2.75) is 37.9 Å². The van der Waals surface area contributed by atoms with Crippen molar-refractivity contribution in [3.05, 3.63) is 0 Å². The summed E-state index contributed by atoms with van der Waals surface area (Å²) in [7, 11) is 0. The van der Waals surface area contributed by atoms with Crippen molar-refractivity contribution >= 4 is 33.6 Å². The zero-order chi connectivity index (χ0) is 11.3. The Hall–Kier alpha value is 0.300. The number of thioether (sulfide) groups is 1. The van der Waals surface area contributed by atoms with Gasteiger partial charge in [0.1, 0.15) is 0 Å². The number of hydrogen-bond acceptors (Lipinski definition) is 2. The van der Waals surface area contributed by atoms with Gasteiger partial charge in [-0.05, 0) is 31.9 Å². The maximum Gasteiger partial charge on any atom is 0.238 e. The fourth-order valence-corrected chi connectivity index (χ4v) is 3.68. The van der Waals surface area contributed by atoms with Crippen LogP contribution in [-0.2, 0) is 4.79 Å². The van der Waals surface area contributed by atoms with Crippen LogP contribution in [0.5, 0.6) is 0 Å². The van der Waals surface area contributed by atoms with E-state index in [1.165, 1.54) is 6.42 Å². The van der Waals surface area contributed by atoms with Crippen LogP contribution in [0.4, 0.5) is 0 Å². The molecule has 1 saturated heterocycles. The van der Waals surface area contributed by atoms with Crippen LogP contribution in [0, 0.1) is 0 Å². The van der Waals surface area contributed by atoms with Crippen LogP contribution >= 0.6 is 27.7 Å². The van der Waals surface area contributed by atoms with Gasteiger partial charge in [0, 0.05) is 18.4 Å². The van der Waals surface area contributed by atoms with Crippen LogP contribution in [0.3, 0.4) is 0 Å². The lowest BCUT2D eigenvalue weighted by Gasteiger charge is -2.30. The number of halogens is 1. The number of nitrogens with zero attached hydrogens (tertiary/aromatic N) is 1. The SMILES string of the molecule is CCCN(CCBr)C(=O)C1(C)CCCS1. The third-order valence-electron chi connectivity index (χ3n) is 2.81. The smallest absolute Gasteiger partial charge is 0.238 e. The number of carbonyl (C=O) groups is 1. The summed E-state index contributed by atoms with van der Waals surface area (Å²) in [4.78, 5) is 14.3. The highest BCUT2D eigenvalue weighted by atomic mass is 79.9. The Labute approximate surface area is 105 Å². The van der Waals surface area contributed by atoms with Crippen LogP contribution in [0.15, 0.2) is 0 Å². The first-order valence-corrected chi connectivity index (χ1v) is 7.74. The molecule has 1 fully saturated rings. The second kappa shape index (κ2) is 6.14. The molecule has 1 rings (SSSR count). The van der Waals surface area contributed by atoms with E-state index in [0.29, 0.717) is 5.91 Å². The van der Waals surface area contributed by atoms with Gasteiger partial charge >= 0.3 is 0 Å². The number of alkyl halides is 1. The monoisotopic (exact) mass is 293 g/mol. The van der Waals surface area contributed by atoms with Crippen LogP contribution < -0.4 is 0 Å². The number of rotatable bonds is 5. The number of carbonyl (C=O) groups excluding carboxylic acids is 1. The summed E-state index contributed by atoms with van der Waals surface area (Å²) in [6.07, 6.45) is 3.26. The largest absolute Gasteiger partial charge is 0.341 e. The topological polar surface area (TPSA) is 20.3 Å². The van der Waals surface area contributed by atoms with Gasteiger partial charge in [0.2, 0.25) is 5.91 Å². The second-order valence-corrected chi connectivity index (χ2v) is 6.56. The maximum atomic E-state index is 12.3. The van der Waals surface area contributed by atoms with Crippen molar-refractivity contribution in [1.29, 1.82) is 0 Å². The average Bonchev–Trinajstić information content (AvgIpc) is 2.65. The molecule has 0 aliphatic carbocycles. The Morgan fingerprint density at radius 1 is 1.53 bits per heavy atom. The average molecular weight is 294 g/mol. The van der Waals surface area contributed by atoms with Gasteiger partial charge in [0.05, 0.1) is 4.75 Å². The fourth-order valence-electron chi connectivity index (χ4n) is 1.97. The third-order valence-corrected chi connectivity index (χ3v) is 4.67. The Kier molecular flexibility index (Phi) is 5.47. The molecule has 0 saturated carbocycles. The highest BCUT2D eigenvalue weighted by molar-refractivity contribution is 9.09. The zero-order valence-corrected chi connectivity index (χ0v) is 12.0. The van der Waals surface area contributed by atoms with Crippen molar-refractivity contribution in [3.8, 4) is 0 Å². The molecule has 0 spiro atoms. The van der Waals surface area contributed by atoms with Crippen molar-refractivity contribution in [1.82, 2.24) is 4.90 Å². The van der Waals surface area contributed by atoms with Gasteiger partial charge in [-0.2, -0.15) is 0 Å². The minimum absolute atomic E-state index is 0.142. The third kappa shape index (κ3) is 3.38. The van der Waals surface area contributed by atoms with E-state index in [0.717, 1.165) is 37.0 Å². The Balaban J connectivity index is 2.61. The Bertz CT molecular complexity index is 211. The van der Waals surface area contributed by atoms with Gasteiger partial charge in [0.15, 0.2) is 0 Å². The van der Waals surface area contributed by atoms with Crippen molar-refractivity contribution in [2.75, 3.05) is 24.2 Å². The van der Waals surface area contributed by atoms with Crippen LogP contribution in [-0.4, -0.2) is 39.7 Å². The van der Waals surface area contributed by atoms with Gasteiger partial charge in [-0.25, -0.2) is 0 Å². The summed E-state index contributed by atoms with van der Waals surface area (Å²) in [6.45, 7) is 5.95. The van der Waals surface area contributed by atoms with E-state index in [4.69, 9.17) is 0 Å². The lowest BCUT2D eigenvalue weighted by molar-refractivity contribution is -0.133. The minimum atomic E-state index is -0.142. The molecule has 88 valence electrons. The van der Waals surface area contributed by atoms with Gasteiger partial charge in [-0.15, -0.1) is 11.8 Å². The molecule has 15 heavy (non-hydrogen) atoms. The highest BCUT2D eigenvalue weighted by Crippen LogP contribution is 2.39. The van der Waals surface area contributed by atoms with Gasteiger partial charge < -0.3 is 4.90 Å². The zero-order valence-electron chi connectivity index (χ0n) is 9.59. The van der Waals surface area contributed by atoms with E-state index < -0.39 is 0 Å². The first kappa shape index (κ1) is 13.4. The first-order valence-electron chi connectivity index (χ1n) is 5.63. The predicted molar refractivity (Wildman–Crippen MR) is 70.8 cm³/mol. The van der Waals surface area contributed by atoms with E-state index in [-0.39, 0.29) is 4.75 Å². The fraction of sp³-hybridized carbons (Fsp3) is 0.909. The van der Waals surface area contributed by atoms with E-state index in [2.05, 4.69) is 29.8 Å². The molecule has 0 radical (unpaired) electrons. The van der Waals surface area contributed by atoms with Crippen LogP contribution in [0.2, 0.25) is 0 Å². The quantitative estimate of drug-likeness (QED) is 0.727. The molecular formula is C11H20BrNOS. The molecule has 0 aromatic rings. The minimum Gasteiger partial charge on any atom is -0.341 e. The Morgan fingerprint density at radius 2 is 2.27 bits per heavy atom. The molecular weight excluding hydrogens is 274 g/mol. The predicted octanol–water partition coefficient (Wildman–Crippen LogP) is 2.91. The van der Waals surface area contributed by atoms with Gasteiger partial charge in [-0.1, -0.05) is 22.9 Å². The molecule has 0 bridgehead atoms. The van der Waals surface area contributed by atoms with Crippen molar-refractivity contribution < 1.29 is 4.79 Å². The molecule has 2 nitrogen and oxygen atoms in total. The van der Waals surface area contributed by atoms with Crippen molar-refractivity contribution in [2.24, 2.45) is 0 Å². The summed E-state index contributed by atoms with van der Waals surface area (Å²) in [6, 6.07) is 0. The molecule has 0 aromatic carbocycles. The summed E-state index contributed by atoms with van der Waals surface area (Å²) in [5, 5.41) is 0.874. The lowest BCUT2D eigenvalue weighted by Crippen LogP contribution is -2.45. The summed E-state index contributed by atoms with van der Waals surface area (Å²) in [5.41, 5.74) is 0. The normalized spacial score (nSPS) is 25.5. The number of amides is 1. The maximum absolute atomic E-state index is 12.3. The van der Waals surface area contributed by atoms with Crippen LogP contribution in [0.1, 0.15) is 33.1 Å². The molecule has 1 aliphatic rings. The molecule has 0 aromatic heterocycles. The van der Waals surface area contributed by atoms with E-state index in [1.807, 2.05) is 16.7 Å². The van der Waals surface area contributed by atoms with Gasteiger partial charge in [-0.3, -0.25) is 4.79 Å². The molecule has 1 unspecified atom stereocenters. The van der Waals surface area contributed by atoms with Crippen LogP contribution in [0.25, 0.3) is 0 Å². The molecule has 1 aliphatic heterocycles. The highest BCUT2D eigenvalue weighted by Gasteiger charge is 2.39. The molecule has 0 N–H and O–H groups in total. The number of hydrogen-bond donors (Lipinski definition) is 0. The summed E-state index contributed by atoms with van der Waals surface area (Å²) in [5.74, 6) is 1.47.